The average molecular weight is 614 g/mol. The van der Waals surface area contributed by atoms with Crippen molar-refractivity contribution in [2.75, 3.05) is 18.0 Å². The Morgan fingerprint density at radius 3 is 2.35 bits per heavy atom. The van der Waals surface area contributed by atoms with Gasteiger partial charge in [-0.1, -0.05) is 58.9 Å². The van der Waals surface area contributed by atoms with Crippen LogP contribution in [0, 0.1) is 11.3 Å². The third kappa shape index (κ3) is 6.20. The van der Waals surface area contributed by atoms with Crippen molar-refractivity contribution >= 4 is 28.9 Å². The van der Waals surface area contributed by atoms with Gasteiger partial charge in [-0.15, -0.1) is 0 Å². The molecule has 2 amide bonds. The number of hydrogen-bond acceptors (Lipinski definition) is 7. The Kier molecular flexibility index (Phi) is 8.05. The van der Waals surface area contributed by atoms with Crippen LogP contribution in [0.5, 0.6) is 0 Å². The minimum absolute atomic E-state index is 0.0783. The molecular formula is C37H35N5O4. The van der Waals surface area contributed by atoms with E-state index in [2.05, 4.69) is 66.4 Å². The van der Waals surface area contributed by atoms with Crippen LogP contribution in [0.25, 0.3) is 33.7 Å². The number of carbonyl (C=O) groups excluding carboxylic acids is 2. The second-order valence-corrected chi connectivity index (χ2v) is 12.8. The van der Waals surface area contributed by atoms with Crippen molar-refractivity contribution < 1.29 is 18.7 Å². The van der Waals surface area contributed by atoms with Crippen LogP contribution in [-0.4, -0.2) is 41.2 Å². The van der Waals surface area contributed by atoms with E-state index in [0.29, 0.717) is 39.5 Å². The zero-order chi connectivity index (χ0) is 32.6. The number of rotatable bonds is 7. The quantitative estimate of drug-likeness (QED) is 0.201. The van der Waals surface area contributed by atoms with Crippen molar-refractivity contribution in [3.63, 3.8) is 0 Å². The summed E-state index contributed by atoms with van der Waals surface area (Å²) in [5.74, 6) is 0.775. The van der Waals surface area contributed by atoms with Crippen LogP contribution in [0.1, 0.15) is 67.6 Å². The first kappa shape index (κ1) is 30.5. The number of fused-ring (bicyclic) bond motifs is 1. The van der Waals surface area contributed by atoms with Gasteiger partial charge in [0.15, 0.2) is 5.58 Å². The fraction of sp³-hybridized carbons (Fsp3) is 0.270. The number of cyclic esters (lactones) is 1. The van der Waals surface area contributed by atoms with Crippen LogP contribution in [0.3, 0.4) is 0 Å². The molecule has 1 aliphatic heterocycles. The third-order valence-electron chi connectivity index (χ3n) is 8.14. The summed E-state index contributed by atoms with van der Waals surface area (Å²) in [5, 5.41) is 12.3. The Morgan fingerprint density at radius 2 is 1.72 bits per heavy atom. The van der Waals surface area contributed by atoms with Crippen molar-refractivity contribution in [1.82, 2.24) is 15.3 Å². The maximum Gasteiger partial charge on any atom is 0.416 e. The van der Waals surface area contributed by atoms with E-state index in [9.17, 15) is 14.9 Å². The van der Waals surface area contributed by atoms with E-state index in [-0.39, 0.29) is 30.3 Å². The van der Waals surface area contributed by atoms with Gasteiger partial charge in [-0.25, -0.2) is 14.8 Å². The predicted octanol–water partition coefficient (Wildman–Crippen LogP) is 7.60. The van der Waals surface area contributed by atoms with Crippen LogP contribution in [0.2, 0.25) is 0 Å². The number of nitrogens with one attached hydrogen (secondary N) is 1. The molecule has 9 nitrogen and oxygen atoms in total. The Balaban J connectivity index is 1.06. The number of hydrogen-bond donors (Lipinski definition) is 1. The lowest BCUT2D eigenvalue weighted by molar-refractivity contribution is 0.0916. The standard InChI is InChI=1S/C37H35N5O4/c1-22(2)30-16-23(18-38)17-31-33(30)46-35(41-31)26-8-6-25(7-9-26)34(43)40-20-29-21-42(36(44)45-29)32-15-12-27(19-39-32)24-10-13-28(14-11-24)37(3,4)5/h6-17,19,22,29H,20-21H2,1-5H3,(H,40,43). The van der Waals surface area contributed by atoms with Crippen LogP contribution in [0.15, 0.2) is 83.4 Å². The molecule has 1 fully saturated rings. The molecule has 1 saturated heterocycles. The number of carbonyl (C=O) groups is 2. The summed E-state index contributed by atoms with van der Waals surface area (Å²) in [5.41, 5.74) is 7.23. The number of ether oxygens (including phenoxy) is 1. The van der Waals surface area contributed by atoms with Gasteiger partial charge >= 0.3 is 6.09 Å². The molecule has 1 aliphatic rings. The largest absolute Gasteiger partial charge is 0.442 e. The summed E-state index contributed by atoms with van der Waals surface area (Å²) in [7, 11) is 0. The number of anilines is 1. The number of amides is 2. The summed E-state index contributed by atoms with van der Waals surface area (Å²) < 4.78 is 11.6. The van der Waals surface area contributed by atoms with Crippen LogP contribution >= 0.6 is 0 Å². The Labute approximate surface area is 267 Å². The molecule has 3 heterocycles. The monoisotopic (exact) mass is 613 g/mol. The van der Waals surface area contributed by atoms with Gasteiger partial charge in [0.2, 0.25) is 5.89 Å². The first-order chi connectivity index (χ1) is 22.0. The molecule has 0 aliphatic carbocycles. The predicted molar refractivity (Wildman–Crippen MR) is 177 cm³/mol. The number of benzene rings is 3. The highest BCUT2D eigenvalue weighted by Crippen LogP contribution is 2.32. The zero-order valence-corrected chi connectivity index (χ0v) is 26.5. The molecule has 46 heavy (non-hydrogen) atoms. The van der Waals surface area contributed by atoms with E-state index in [1.165, 1.54) is 10.5 Å². The maximum atomic E-state index is 12.9. The first-order valence-electron chi connectivity index (χ1n) is 15.3. The van der Waals surface area contributed by atoms with E-state index in [4.69, 9.17) is 9.15 Å². The Bertz CT molecular complexity index is 1950. The molecule has 232 valence electrons. The molecule has 0 radical (unpaired) electrons. The van der Waals surface area contributed by atoms with E-state index >= 15 is 0 Å². The van der Waals surface area contributed by atoms with E-state index < -0.39 is 12.2 Å². The minimum Gasteiger partial charge on any atom is -0.442 e. The van der Waals surface area contributed by atoms with E-state index in [1.807, 2.05) is 26.0 Å². The molecule has 1 N–H and O–H groups in total. The molecule has 9 heteroatoms. The molecule has 1 atom stereocenters. The van der Waals surface area contributed by atoms with Crippen LogP contribution in [0.4, 0.5) is 10.6 Å². The second-order valence-electron chi connectivity index (χ2n) is 12.8. The number of nitrogens with zero attached hydrogens (tertiary/aromatic N) is 4. The van der Waals surface area contributed by atoms with Gasteiger partial charge in [-0.3, -0.25) is 9.69 Å². The van der Waals surface area contributed by atoms with Gasteiger partial charge < -0.3 is 14.5 Å². The van der Waals surface area contributed by atoms with Crippen LogP contribution in [-0.2, 0) is 10.2 Å². The number of pyridine rings is 1. The molecule has 3 aromatic carbocycles. The topological polar surface area (TPSA) is 121 Å². The van der Waals surface area contributed by atoms with Crippen molar-refractivity contribution in [2.45, 2.75) is 52.1 Å². The van der Waals surface area contributed by atoms with Crippen molar-refractivity contribution in [2.24, 2.45) is 0 Å². The van der Waals surface area contributed by atoms with Gasteiger partial charge in [0.1, 0.15) is 17.4 Å². The fourth-order valence-corrected chi connectivity index (χ4v) is 5.44. The minimum atomic E-state index is -0.518. The summed E-state index contributed by atoms with van der Waals surface area (Å²) in [6.45, 7) is 11.1. The number of aromatic nitrogens is 2. The molecule has 5 aromatic rings. The molecular weight excluding hydrogens is 578 g/mol. The molecule has 2 aromatic heterocycles. The van der Waals surface area contributed by atoms with Gasteiger partial charge in [0.05, 0.1) is 24.7 Å². The van der Waals surface area contributed by atoms with Gasteiger partial charge in [0, 0.05) is 28.5 Å². The summed E-state index contributed by atoms with van der Waals surface area (Å²) >= 11 is 0. The molecule has 1 unspecified atom stereocenters. The Hall–Kier alpha value is -5.49. The van der Waals surface area contributed by atoms with Gasteiger partial charge in [-0.2, -0.15) is 5.26 Å². The van der Waals surface area contributed by atoms with E-state index in [1.54, 1.807) is 42.6 Å². The maximum absolute atomic E-state index is 12.9. The smallest absolute Gasteiger partial charge is 0.416 e. The van der Waals surface area contributed by atoms with Crippen molar-refractivity contribution in [3.05, 3.63) is 101 Å². The lowest BCUT2D eigenvalue weighted by Crippen LogP contribution is -2.34. The van der Waals surface area contributed by atoms with Crippen molar-refractivity contribution in [3.8, 4) is 28.7 Å². The summed E-state index contributed by atoms with van der Waals surface area (Å²) in [4.78, 5) is 36.1. The summed E-state index contributed by atoms with van der Waals surface area (Å²) in [6, 6.07) is 24.8. The highest BCUT2D eigenvalue weighted by molar-refractivity contribution is 5.95. The Morgan fingerprint density at radius 1 is 1.02 bits per heavy atom. The lowest BCUT2D eigenvalue weighted by Gasteiger charge is -2.19. The highest BCUT2D eigenvalue weighted by Gasteiger charge is 2.33. The SMILES string of the molecule is CC(C)c1cc(C#N)cc2nc(-c3ccc(C(=O)NCC4CN(c5ccc(-c6ccc(C(C)(C)C)cc6)cn5)C(=O)O4)cc3)oc12. The fourth-order valence-electron chi connectivity index (χ4n) is 5.44. The van der Waals surface area contributed by atoms with Crippen molar-refractivity contribution in [1.29, 1.82) is 5.26 Å². The average Bonchev–Trinajstić information content (AvgIpc) is 3.66. The molecule has 0 bridgehead atoms. The van der Waals surface area contributed by atoms with Crippen LogP contribution < -0.4 is 10.2 Å². The normalized spacial score (nSPS) is 14.8. The number of oxazole rings is 1. The third-order valence-corrected chi connectivity index (χ3v) is 8.14. The molecule has 0 spiro atoms. The number of nitriles is 1. The second kappa shape index (κ2) is 12.1. The molecule has 6 rings (SSSR count). The highest BCUT2D eigenvalue weighted by atomic mass is 16.6. The first-order valence-corrected chi connectivity index (χ1v) is 15.3. The molecule has 0 saturated carbocycles. The summed E-state index contributed by atoms with van der Waals surface area (Å²) in [6.07, 6.45) is 0.732. The van der Waals surface area contributed by atoms with E-state index in [0.717, 1.165) is 16.7 Å². The zero-order valence-electron chi connectivity index (χ0n) is 26.5. The lowest BCUT2D eigenvalue weighted by atomic mass is 9.86. The van der Waals surface area contributed by atoms with Gasteiger partial charge in [0.25, 0.3) is 5.91 Å². The van der Waals surface area contributed by atoms with Gasteiger partial charge in [-0.05, 0) is 71.0 Å².